The maximum Gasteiger partial charge on any atom is 0.340 e. The van der Waals surface area contributed by atoms with Crippen LogP contribution in [-0.4, -0.2) is 5.97 Å². The lowest BCUT2D eigenvalue weighted by Crippen LogP contribution is -2.09. The van der Waals surface area contributed by atoms with Crippen molar-refractivity contribution in [1.82, 2.24) is 0 Å². The number of halogens is 3. The van der Waals surface area contributed by atoms with E-state index in [2.05, 4.69) is 15.9 Å². The summed E-state index contributed by atoms with van der Waals surface area (Å²) in [7, 11) is 0. The summed E-state index contributed by atoms with van der Waals surface area (Å²) < 4.78 is 32.1. The number of hydrogen-bond donors (Lipinski definition) is 1. The van der Waals surface area contributed by atoms with Gasteiger partial charge in [0.05, 0.1) is 5.56 Å². The quantitative estimate of drug-likeness (QED) is 0.684. The Balaban J connectivity index is 2.10. The van der Waals surface area contributed by atoms with Gasteiger partial charge in [-0.05, 0) is 30.3 Å². The van der Waals surface area contributed by atoms with E-state index >= 15 is 0 Å². The molecule has 0 aromatic heterocycles. The van der Waals surface area contributed by atoms with E-state index in [1.165, 1.54) is 18.2 Å². The molecule has 0 atom stereocenters. The monoisotopic (exact) mass is 341 g/mol. The van der Waals surface area contributed by atoms with Crippen LogP contribution in [0, 0.1) is 11.6 Å². The fourth-order valence-electron chi connectivity index (χ4n) is 1.57. The van der Waals surface area contributed by atoms with E-state index in [1.54, 1.807) is 6.07 Å². The SMILES string of the molecule is Nc1ccc(F)cc1C(=O)OCc1ccc(Br)cc1F. The molecule has 2 aromatic carbocycles. The number of nitrogen functional groups attached to an aromatic ring is 1. The fraction of sp³-hybridized carbons (Fsp3) is 0.0714. The van der Waals surface area contributed by atoms with Gasteiger partial charge in [-0.2, -0.15) is 0 Å². The maximum atomic E-state index is 13.5. The molecule has 0 radical (unpaired) electrons. The molecule has 3 nitrogen and oxygen atoms in total. The van der Waals surface area contributed by atoms with E-state index in [0.717, 1.165) is 12.1 Å². The lowest BCUT2D eigenvalue weighted by Gasteiger charge is -2.08. The van der Waals surface area contributed by atoms with Gasteiger partial charge < -0.3 is 10.5 Å². The number of rotatable bonds is 3. The second-order valence-corrected chi connectivity index (χ2v) is 4.96. The van der Waals surface area contributed by atoms with Gasteiger partial charge in [-0.25, -0.2) is 13.6 Å². The molecule has 0 bridgehead atoms. The maximum absolute atomic E-state index is 13.5. The molecule has 2 aromatic rings. The highest BCUT2D eigenvalue weighted by molar-refractivity contribution is 9.10. The standard InChI is InChI=1S/C14H10BrF2NO2/c15-9-2-1-8(12(17)5-9)7-20-14(19)11-6-10(16)3-4-13(11)18/h1-6H,7,18H2. The number of ether oxygens (including phenoxy) is 1. The zero-order valence-electron chi connectivity index (χ0n) is 10.2. The van der Waals surface area contributed by atoms with Crippen LogP contribution >= 0.6 is 15.9 Å². The molecule has 0 saturated heterocycles. The summed E-state index contributed by atoms with van der Waals surface area (Å²) in [5.41, 5.74) is 5.80. The van der Waals surface area contributed by atoms with Gasteiger partial charge in [0.2, 0.25) is 0 Å². The average molecular weight is 342 g/mol. The number of nitrogens with two attached hydrogens (primary N) is 1. The van der Waals surface area contributed by atoms with Crippen molar-refractivity contribution < 1.29 is 18.3 Å². The molecule has 0 heterocycles. The summed E-state index contributed by atoms with van der Waals surface area (Å²) >= 11 is 3.12. The second kappa shape index (κ2) is 6.00. The Hall–Kier alpha value is -1.95. The summed E-state index contributed by atoms with van der Waals surface area (Å²) in [6, 6.07) is 7.77. The lowest BCUT2D eigenvalue weighted by atomic mass is 10.2. The van der Waals surface area contributed by atoms with Gasteiger partial charge in [0.25, 0.3) is 0 Å². The van der Waals surface area contributed by atoms with Crippen molar-refractivity contribution in [2.75, 3.05) is 5.73 Å². The molecule has 2 N–H and O–H groups in total. The van der Waals surface area contributed by atoms with Crippen LogP contribution in [0.15, 0.2) is 40.9 Å². The minimum Gasteiger partial charge on any atom is -0.457 e. The van der Waals surface area contributed by atoms with Crippen LogP contribution in [0.5, 0.6) is 0 Å². The highest BCUT2D eigenvalue weighted by Gasteiger charge is 2.13. The molecule has 20 heavy (non-hydrogen) atoms. The van der Waals surface area contributed by atoms with Crippen LogP contribution < -0.4 is 5.73 Å². The first-order valence-electron chi connectivity index (χ1n) is 5.63. The molecule has 0 aliphatic heterocycles. The third-order valence-electron chi connectivity index (χ3n) is 2.61. The second-order valence-electron chi connectivity index (χ2n) is 4.04. The Morgan fingerprint density at radius 2 is 1.95 bits per heavy atom. The predicted molar refractivity (Wildman–Crippen MR) is 74.0 cm³/mol. The number of benzene rings is 2. The van der Waals surface area contributed by atoms with Crippen molar-refractivity contribution in [2.45, 2.75) is 6.61 Å². The Morgan fingerprint density at radius 1 is 1.20 bits per heavy atom. The summed E-state index contributed by atoms with van der Waals surface area (Å²) in [6.45, 7) is -0.256. The fourth-order valence-corrected chi connectivity index (χ4v) is 1.90. The Bertz CT molecular complexity index is 662. The number of anilines is 1. The van der Waals surface area contributed by atoms with Crippen LogP contribution in [0.3, 0.4) is 0 Å². The minimum atomic E-state index is -0.802. The zero-order chi connectivity index (χ0) is 14.7. The van der Waals surface area contributed by atoms with Crippen molar-refractivity contribution in [1.29, 1.82) is 0 Å². The summed E-state index contributed by atoms with van der Waals surface area (Å²) in [4.78, 5) is 11.8. The molecule has 0 unspecified atom stereocenters. The van der Waals surface area contributed by atoms with E-state index in [0.29, 0.717) is 4.47 Å². The number of carbonyl (C=O) groups excluding carboxylic acids is 1. The van der Waals surface area contributed by atoms with E-state index in [9.17, 15) is 13.6 Å². The van der Waals surface area contributed by atoms with Crippen molar-refractivity contribution in [3.8, 4) is 0 Å². The third kappa shape index (κ3) is 3.33. The van der Waals surface area contributed by atoms with Gasteiger partial charge in [0, 0.05) is 15.7 Å². The average Bonchev–Trinajstić information content (AvgIpc) is 2.40. The van der Waals surface area contributed by atoms with Crippen LogP contribution in [0.2, 0.25) is 0 Å². The molecule has 0 spiro atoms. The number of carbonyl (C=O) groups is 1. The van der Waals surface area contributed by atoms with Crippen LogP contribution in [0.25, 0.3) is 0 Å². The minimum absolute atomic E-state index is 0.0810. The predicted octanol–water partition coefficient (Wildman–Crippen LogP) is 3.67. The molecule has 0 amide bonds. The summed E-state index contributed by atoms with van der Waals surface area (Å²) in [5.74, 6) is -1.90. The summed E-state index contributed by atoms with van der Waals surface area (Å²) in [5, 5.41) is 0. The van der Waals surface area contributed by atoms with Crippen LogP contribution in [0.4, 0.5) is 14.5 Å². The molecule has 2 rings (SSSR count). The van der Waals surface area contributed by atoms with Crippen LogP contribution in [0.1, 0.15) is 15.9 Å². The van der Waals surface area contributed by atoms with Gasteiger partial charge in [-0.3, -0.25) is 0 Å². The van der Waals surface area contributed by atoms with E-state index in [1.807, 2.05) is 0 Å². The van der Waals surface area contributed by atoms with Gasteiger partial charge in [0.1, 0.15) is 18.2 Å². The highest BCUT2D eigenvalue weighted by Crippen LogP contribution is 2.18. The zero-order valence-corrected chi connectivity index (χ0v) is 11.8. The first-order valence-corrected chi connectivity index (χ1v) is 6.43. The topological polar surface area (TPSA) is 52.3 Å². The summed E-state index contributed by atoms with van der Waals surface area (Å²) in [6.07, 6.45) is 0. The van der Waals surface area contributed by atoms with Gasteiger partial charge in [-0.15, -0.1) is 0 Å². The van der Waals surface area contributed by atoms with Gasteiger partial charge >= 0.3 is 5.97 Å². The normalized spacial score (nSPS) is 10.3. The molecule has 0 fully saturated rings. The van der Waals surface area contributed by atoms with Gasteiger partial charge in [0.15, 0.2) is 0 Å². The van der Waals surface area contributed by atoms with Crippen molar-refractivity contribution >= 4 is 27.6 Å². The first kappa shape index (κ1) is 14.5. The molecule has 6 heteroatoms. The largest absolute Gasteiger partial charge is 0.457 e. The van der Waals surface area contributed by atoms with Crippen LogP contribution in [-0.2, 0) is 11.3 Å². The van der Waals surface area contributed by atoms with E-state index in [4.69, 9.17) is 10.5 Å². The third-order valence-corrected chi connectivity index (χ3v) is 3.10. The van der Waals surface area contributed by atoms with E-state index < -0.39 is 17.6 Å². The van der Waals surface area contributed by atoms with Crippen molar-refractivity contribution in [3.63, 3.8) is 0 Å². The Labute approximate surface area is 122 Å². The van der Waals surface area contributed by atoms with E-state index in [-0.39, 0.29) is 23.4 Å². The highest BCUT2D eigenvalue weighted by atomic mass is 79.9. The smallest absolute Gasteiger partial charge is 0.340 e. The lowest BCUT2D eigenvalue weighted by molar-refractivity contribution is 0.0469. The van der Waals surface area contributed by atoms with Gasteiger partial charge in [-0.1, -0.05) is 22.0 Å². The number of hydrogen-bond acceptors (Lipinski definition) is 3. The molecule has 104 valence electrons. The Morgan fingerprint density at radius 3 is 2.65 bits per heavy atom. The van der Waals surface area contributed by atoms with Crippen molar-refractivity contribution in [3.05, 3.63) is 63.6 Å². The van der Waals surface area contributed by atoms with Crippen molar-refractivity contribution in [2.24, 2.45) is 0 Å². The molecule has 0 aliphatic rings. The molecular formula is C14H10BrF2NO2. The Kier molecular flexibility index (Phi) is 4.34. The first-order chi connectivity index (χ1) is 9.47. The molecular weight excluding hydrogens is 332 g/mol. The molecule has 0 aliphatic carbocycles. The number of esters is 1. The molecule has 0 saturated carbocycles.